The Morgan fingerprint density at radius 2 is 2.12 bits per heavy atom. The maximum atomic E-state index is 12.0. The normalized spacial score (nSPS) is 37.6. The highest BCUT2D eigenvalue weighted by Crippen LogP contribution is 2.37. The van der Waals surface area contributed by atoms with E-state index in [4.69, 9.17) is 4.74 Å². The van der Waals surface area contributed by atoms with Gasteiger partial charge in [0.2, 0.25) is 5.91 Å². The Hall–Kier alpha value is -0.570. The van der Waals surface area contributed by atoms with Crippen molar-refractivity contribution in [1.29, 1.82) is 0 Å². The van der Waals surface area contributed by atoms with Crippen molar-refractivity contribution in [1.82, 2.24) is 5.32 Å². The molecule has 0 aromatic heterocycles. The molecular formula is C13H23NO2. The van der Waals surface area contributed by atoms with Crippen molar-refractivity contribution in [2.24, 2.45) is 11.3 Å². The minimum absolute atomic E-state index is 0.104. The fourth-order valence-electron chi connectivity index (χ4n) is 2.87. The van der Waals surface area contributed by atoms with Crippen LogP contribution in [0.4, 0.5) is 0 Å². The largest absolute Gasteiger partial charge is 0.368 e. The van der Waals surface area contributed by atoms with Crippen LogP contribution in [0.15, 0.2) is 0 Å². The third-order valence-electron chi connectivity index (χ3n) is 3.96. The Morgan fingerprint density at radius 3 is 2.62 bits per heavy atom. The van der Waals surface area contributed by atoms with Gasteiger partial charge >= 0.3 is 0 Å². The number of rotatable bonds is 2. The van der Waals surface area contributed by atoms with Crippen molar-refractivity contribution in [2.75, 3.05) is 6.61 Å². The summed E-state index contributed by atoms with van der Waals surface area (Å²) in [5.74, 6) is 0.474. The summed E-state index contributed by atoms with van der Waals surface area (Å²) < 4.78 is 5.48. The highest BCUT2D eigenvalue weighted by atomic mass is 16.5. The molecule has 1 N–H and O–H groups in total. The van der Waals surface area contributed by atoms with Gasteiger partial charge in [0, 0.05) is 12.6 Å². The van der Waals surface area contributed by atoms with Crippen LogP contribution in [0.2, 0.25) is 0 Å². The molecule has 3 heteroatoms. The van der Waals surface area contributed by atoms with Gasteiger partial charge in [-0.3, -0.25) is 4.79 Å². The van der Waals surface area contributed by atoms with Crippen LogP contribution in [0, 0.1) is 11.3 Å². The lowest BCUT2D eigenvalue weighted by atomic mass is 9.92. The van der Waals surface area contributed by atoms with Crippen LogP contribution in [0.5, 0.6) is 0 Å². The number of amides is 1. The Labute approximate surface area is 97.9 Å². The van der Waals surface area contributed by atoms with Gasteiger partial charge in [0.15, 0.2) is 0 Å². The van der Waals surface area contributed by atoms with Crippen molar-refractivity contribution in [3.63, 3.8) is 0 Å². The molecule has 0 radical (unpaired) electrons. The fourth-order valence-corrected chi connectivity index (χ4v) is 2.87. The molecule has 1 heterocycles. The topological polar surface area (TPSA) is 38.3 Å². The first-order valence-corrected chi connectivity index (χ1v) is 6.40. The molecule has 3 unspecified atom stereocenters. The first-order chi connectivity index (χ1) is 7.48. The van der Waals surface area contributed by atoms with Crippen LogP contribution in [0.1, 0.15) is 46.5 Å². The summed E-state index contributed by atoms with van der Waals surface area (Å²) in [5.41, 5.74) is 0.389. The summed E-state index contributed by atoms with van der Waals surface area (Å²) >= 11 is 0. The van der Waals surface area contributed by atoms with Crippen LogP contribution < -0.4 is 5.32 Å². The van der Waals surface area contributed by atoms with E-state index in [9.17, 15) is 4.79 Å². The molecule has 16 heavy (non-hydrogen) atoms. The predicted molar refractivity (Wildman–Crippen MR) is 63.1 cm³/mol. The van der Waals surface area contributed by atoms with Gasteiger partial charge in [0.05, 0.1) is 0 Å². The number of hydrogen-bond acceptors (Lipinski definition) is 2. The maximum Gasteiger partial charge on any atom is 0.249 e. The lowest BCUT2D eigenvalue weighted by Crippen LogP contribution is -2.42. The molecule has 3 atom stereocenters. The Bertz CT molecular complexity index is 275. The first-order valence-electron chi connectivity index (χ1n) is 6.40. The third kappa shape index (κ3) is 2.57. The second kappa shape index (κ2) is 4.36. The first kappa shape index (κ1) is 11.9. The summed E-state index contributed by atoms with van der Waals surface area (Å²) in [6, 6.07) is 0.360. The molecule has 2 fully saturated rings. The van der Waals surface area contributed by atoms with E-state index < -0.39 is 0 Å². The predicted octanol–water partition coefficient (Wildman–Crippen LogP) is 2.11. The summed E-state index contributed by atoms with van der Waals surface area (Å²) in [6.45, 7) is 7.37. The molecule has 2 rings (SSSR count). The molecule has 1 aliphatic heterocycles. The highest BCUT2D eigenvalue weighted by molar-refractivity contribution is 5.81. The van der Waals surface area contributed by atoms with Gasteiger partial charge in [-0.05, 0) is 37.0 Å². The molecule has 92 valence electrons. The summed E-state index contributed by atoms with van der Waals surface area (Å²) in [7, 11) is 0. The average molecular weight is 225 g/mol. The average Bonchev–Trinajstić information content (AvgIpc) is 2.72. The second-order valence-electron chi connectivity index (χ2n) is 6.17. The Kier molecular flexibility index (Phi) is 3.24. The molecule has 1 saturated heterocycles. The number of nitrogens with one attached hydrogen (secondary N) is 1. The van der Waals surface area contributed by atoms with Gasteiger partial charge in [-0.1, -0.05) is 20.8 Å². The van der Waals surface area contributed by atoms with E-state index in [1.165, 1.54) is 6.42 Å². The van der Waals surface area contributed by atoms with E-state index in [1.807, 2.05) is 0 Å². The fraction of sp³-hybridized carbons (Fsp3) is 0.923. The van der Waals surface area contributed by atoms with Crippen molar-refractivity contribution in [3.8, 4) is 0 Å². The minimum Gasteiger partial charge on any atom is -0.368 e. The SMILES string of the molecule is CC1CCOC1C(=O)NC1CCC(C)(C)C1. The van der Waals surface area contributed by atoms with Crippen LogP contribution in [-0.2, 0) is 9.53 Å². The van der Waals surface area contributed by atoms with Gasteiger partial charge in [-0.2, -0.15) is 0 Å². The van der Waals surface area contributed by atoms with Crippen LogP contribution in [-0.4, -0.2) is 24.7 Å². The lowest BCUT2D eigenvalue weighted by molar-refractivity contribution is -0.132. The third-order valence-corrected chi connectivity index (χ3v) is 3.96. The quantitative estimate of drug-likeness (QED) is 0.781. The lowest BCUT2D eigenvalue weighted by Gasteiger charge is -2.20. The highest BCUT2D eigenvalue weighted by Gasteiger charge is 2.35. The molecule has 0 bridgehead atoms. The zero-order valence-corrected chi connectivity index (χ0v) is 10.6. The van der Waals surface area contributed by atoms with Crippen molar-refractivity contribution in [2.45, 2.75) is 58.6 Å². The van der Waals surface area contributed by atoms with Gasteiger partial charge in [0.25, 0.3) is 0 Å². The van der Waals surface area contributed by atoms with Crippen molar-refractivity contribution in [3.05, 3.63) is 0 Å². The van der Waals surface area contributed by atoms with E-state index >= 15 is 0 Å². The van der Waals surface area contributed by atoms with E-state index in [0.29, 0.717) is 17.4 Å². The van der Waals surface area contributed by atoms with Crippen molar-refractivity contribution >= 4 is 5.91 Å². The van der Waals surface area contributed by atoms with Gasteiger partial charge in [-0.15, -0.1) is 0 Å². The molecule has 1 saturated carbocycles. The number of ether oxygens (including phenoxy) is 1. The van der Waals surface area contributed by atoms with Crippen molar-refractivity contribution < 1.29 is 9.53 Å². The zero-order chi connectivity index (χ0) is 11.8. The van der Waals surface area contributed by atoms with Gasteiger partial charge < -0.3 is 10.1 Å². The Balaban J connectivity index is 1.84. The Morgan fingerprint density at radius 1 is 1.38 bits per heavy atom. The number of carbonyl (C=O) groups excluding carboxylic acids is 1. The molecule has 0 aromatic carbocycles. The van der Waals surface area contributed by atoms with Gasteiger partial charge in [0.1, 0.15) is 6.10 Å². The standard InChI is InChI=1S/C13H23NO2/c1-9-5-7-16-11(9)12(15)14-10-4-6-13(2,3)8-10/h9-11H,4-8H2,1-3H3,(H,14,15). The minimum atomic E-state index is -0.205. The molecule has 2 aliphatic rings. The molecule has 0 aromatic rings. The molecule has 1 amide bonds. The molecule has 0 spiro atoms. The van der Waals surface area contributed by atoms with E-state index in [2.05, 4.69) is 26.1 Å². The number of hydrogen-bond donors (Lipinski definition) is 1. The molecular weight excluding hydrogens is 202 g/mol. The molecule has 1 aliphatic carbocycles. The number of carbonyl (C=O) groups is 1. The summed E-state index contributed by atoms with van der Waals surface area (Å²) in [6.07, 6.45) is 4.22. The zero-order valence-electron chi connectivity index (χ0n) is 10.6. The van der Waals surface area contributed by atoms with Crippen LogP contribution in [0.3, 0.4) is 0 Å². The van der Waals surface area contributed by atoms with E-state index in [0.717, 1.165) is 25.9 Å². The summed E-state index contributed by atoms with van der Waals surface area (Å²) in [4.78, 5) is 12.0. The molecule has 3 nitrogen and oxygen atoms in total. The monoisotopic (exact) mass is 225 g/mol. The van der Waals surface area contributed by atoms with Crippen LogP contribution >= 0.6 is 0 Å². The maximum absolute atomic E-state index is 12.0. The second-order valence-corrected chi connectivity index (χ2v) is 6.17. The van der Waals surface area contributed by atoms with E-state index in [1.54, 1.807) is 0 Å². The smallest absolute Gasteiger partial charge is 0.249 e. The van der Waals surface area contributed by atoms with E-state index in [-0.39, 0.29) is 12.0 Å². The summed E-state index contributed by atoms with van der Waals surface area (Å²) in [5, 5.41) is 3.14. The van der Waals surface area contributed by atoms with Gasteiger partial charge in [-0.25, -0.2) is 0 Å². The van der Waals surface area contributed by atoms with Crippen LogP contribution in [0.25, 0.3) is 0 Å².